The summed E-state index contributed by atoms with van der Waals surface area (Å²) in [5, 5.41) is 6.63. The quantitative estimate of drug-likeness (QED) is 0.395. The minimum absolute atomic E-state index is 0.319. The number of phosphoric acid groups is 1. The van der Waals surface area contributed by atoms with Crippen LogP contribution >= 0.6 is 7.82 Å². The van der Waals surface area contributed by atoms with Crippen molar-refractivity contribution in [1.29, 1.82) is 0 Å². The van der Waals surface area contributed by atoms with Gasteiger partial charge in [0.05, 0.1) is 0 Å². The lowest BCUT2D eigenvalue weighted by Crippen LogP contribution is -2.36. The first kappa shape index (κ1) is 25.8. The third kappa shape index (κ3) is 21.6. The van der Waals surface area contributed by atoms with Crippen molar-refractivity contribution >= 4 is 7.82 Å². The third-order valence-corrected chi connectivity index (χ3v) is 2.56. The molecule has 0 saturated heterocycles. The molecule has 0 aromatic heterocycles. The smallest absolute Gasteiger partial charge is 0.466 e. The first-order valence-corrected chi connectivity index (χ1v) is 8.22. The fraction of sp³-hybridized carbons (Fsp3) is 1.00. The van der Waals surface area contributed by atoms with Crippen LogP contribution in [0.5, 0.6) is 0 Å². The molecule has 148 valence electrons. The minimum atomic E-state index is -4.64. The summed E-state index contributed by atoms with van der Waals surface area (Å²) in [6.07, 6.45) is -12.3. The average molecular weight is 391 g/mol. The summed E-state index contributed by atoms with van der Waals surface area (Å²) in [7, 11) is -3.04. The zero-order valence-corrected chi connectivity index (χ0v) is 14.2. The van der Waals surface area contributed by atoms with Crippen LogP contribution in [-0.4, -0.2) is 52.2 Å². The normalized spacial score (nSPS) is 16.8. The van der Waals surface area contributed by atoms with Crippen molar-refractivity contribution in [1.82, 2.24) is 5.32 Å². The number of hydrogen-bond acceptors (Lipinski definition) is 2. The van der Waals surface area contributed by atoms with E-state index in [1.54, 1.807) is 14.0 Å². The number of alkyl halides is 6. The van der Waals surface area contributed by atoms with E-state index in [0.717, 1.165) is 6.92 Å². The first-order chi connectivity index (χ1) is 10.4. The summed E-state index contributed by atoms with van der Waals surface area (Å²) in [5.74, 6) is 0. The zero-order chi connectivity index (χ0) is 19.8. The van der Waals surface area contributed by atoms with Crippen LogP contribution in [0.15, 0.2) is 0 Å². The highest BCUT2D eigenvalue weighted by Crippen LogP contribution is 2.39. The Bertz CT molecular complexity index is 393. The maximum Gasteiger partial charge on any atom is 0.466 e. The zero-order valence-electron chi connectivity index (χ0n) is 13.3. The molecule has 2 atom stereocenters. The fourth-order valence-corrected chi connectivity index (χ4v) is 1.91. The van der Waals surface area contributed by atoms with E-state index in [0.29, 0.717) is 6.54 Å². The van der Waals surface area contributed by atoms with Gasteiger partial charge in [0, 0.05) is 12.8 Å². The van der Waals surface area contributed by atoms with Gasteiger partial charge in [0.1, 0.15) is 0 Å². The molecule has 0 bridgehead atoms. The minimum Gasteiger partial charge on any atom is -0.653 e. The van der Waals surface area contributed by atoms with E-state index in [1.807, 2.05) is 0 Å². The van der Waals surface area contributed by atoms with Crippen LogP contribution in [0.2, 0.25) is 0 Å². The molecular formula is C11H22F6N2O4P-. The van der Waals surface area contributed by atoms with Crippen LogP contribution in [0.25, 0.3) is 5.32 Å². The van der Waals surface area contributed by atoms with Gasteiger partial charge in [-0.3, -0.25) is 0 Å². The van der Waals surface area contributed by atoms with Crippen LogP contribution < -0.4 is 5.32 Å². The molecule has 2 unspecified atom stereocenters. The SMILES string of the molecule is CNCC(C)[N-]C(C)(CCC(F)(F)F)CC(F)(F)F.O=P(O)(O)O. The number of nitrogens with zero attached hydrogens (tertiary/aromatic N) is 1. The van der Waals surface area contributed by atoms with E-state index in [1.165, 1.54) is 0 Å². The topological polar surface area (TPSA) is 104 Å². The van der Waals surface area contributed by atoms with Gasteiger partial charge in [-0.2, -0.15) is 26.3 Å². The van der Waals surface area contributed by atoms with Gasteiger partial charge in [-0.15, -0.1) is 11.6 Å². The summed E-state index contributed by atoms with van der Waals surface area (Å²) >= 11 is 0. The van der Waals surface area contributed by atoms with Crippen molar-refractivity contribution in [2.24, 2.45) is 0 Å². The maximum absolute atomic E-state index is 12.5. The summed E-state index contributed by atoms with van der Waals surface area (Å²) < 4.78 is 82.7. The van der Waals surface area contributed by atoms with Crippen LogP contribution in [0.1, 0.15) is 33.1 Å². The van der Waals surface area contributed by atoms with E-state index in [4.69, 9.17) is 19.2 Å². The lowest BCUT2D eigenvalue weighted by atomic mass is 9.90. The van der Waals surface area contributed by atoms with E-state index in [2.05, 4.69) is 10.6 Å². The molecule has 0 aliphatic rings. The third-order valence-electron chi connectivity index (χ3n) is 2.56. The molecule has 0 aliphatic heterocycles. The molecule has 0 aliphatic carbocycles. The van der Waals surface area contributed by atoms with Crippen molar-refractivity contribution in [3.05, 3.63) is 5.32 Å². The predicted molar refractivity (Wildman–Crippen MR) is 75.4 cm³/mol. The van der Waals surface area contributed by atoms with Gasteiger partial charge in [-0.1, -0.05) is 20.3 Å². The summed E-state index contributed by atoms with van der Waals surface area (Å²) in [6.45, 7) is 3.01. The molecule has 0 heterocycles. The Kier molecular flexibility index (Phi) is 10.7. The van der Waals surface area contributed by atoms with Gasteiger partial charge in [0.25, 0.3) is 0 Å². The second-order valence-corrected chi connectivity index (χ2v) is 6.48. The Morgan fingerprint density at radius 2 is 1.46 bits per heavy atom. The van der Waals surface area contributed by atoms with Crippen LogP contribution in [0.4, 0.5) is 26.3 Å². The molecule has 6 nitrogen and oxygen atoms in total. The number of hydrogen-bond donors (Lipinski definition) is 4. The molecule has 13 heteroatoms. The van der Waals surface area contributed by atoms with E-state index < -0.39 is 51.0 Å². The monoisotopic (exact) mass is 391 g/mol. The number of halogens is 6. The highest BCUT2D eigenvalue weighted by molar-refractivity contribution is 7.45. The summed E-state index contributed by atoms with van der Waals surface area (Å²) in [6, 6.07) is -0.481. The highest BCUT2D eigenvalue weighted by atomic mass is 31.2. The van der Waals surface area contributed by atoms with Crippen LogP contribution in [-0.2, 0) is 4.57 Å². The molecule has 0 aromatic rings. The lowest BCUT2D eigenvalue weighted by Gasteiger charge is -2.48. The van der Waals surface area contributed by atoms with Gasteiger partial charge in [-0.25, -0.2) is 4.57 Å². The first-order valence-electron chi connectivity index (χ1n) is 6.65. The van der Waals surface area contributed by atoms with Gasteiger partial charge in [-0.05, 0) is 13.6 Å². The Labute approximate surface area is 135 Å². The second kappa shape index (κ2) is 9.93. The average Bonchev–Trinajstić information content (AvgIpc) is 2.20. The summed E-state index contributed by atoms with van der Waals surface area (Å²) in [4.78, 5) is 21.6. The Morgan fingerprint density at radius 3 is 1.75 bits per heavy atom. The lowest BCUT2D eigenvalue weighted by molar-refractivity contribution is -0.156. The van der Waals surface area contributed by atoms with Crippen molar-refractivity contribution in [2.75, 3.05) is 13.6 Å². The largest absolute Gasteiger partial charge is 0.653 e. The molecular weight excluding hydrogens is 369 g/mol. The van der Waals surface area contributed by atoms with Crippen molar-refractivity contribution < 1.29 is 45.6 Å². The van der Waals surface area contributed by atoms with Crippen molar-refractivity contribution in [3.8, 4) is 0 Å². The van der Waals surface area contributed by atoms with Gasteiger partial charge in [0.2, 0.25) is 0 Å². The van der Waals surface area contributed by atoms with Gasteiger partial charge >= 0.3 is 20.2 Å². The van der Waals surface area contributed by atoms with E-state index >= 15 is 0 Å². The van der Waals surface area contributed by atoms with Crippen LogP contribution in [0, 0.1) is 0 Å². The highest BCUT2D eigenvalue weighted by Gasteiger charge is 2.37. The molecule has 4 N–H and O–H groups in total. The molecule has 0 radical (unpaired) electrons. The Balaban J connectivity index is 0. The number of likely N-dealkylation sites (N-methyl/N-ethyl adjacent to an activating group) is 1. The van der Waals surface area contributed by atoms with Crippen molar-refractivity contribution in [3.63, 3.8) is 0 Å². The second-order valence-electron chi connectivity index (χ2n) is 5.45. The van der Waals surface area contributed by atoms with E-state index in [9.17, 15) is 26.3 Å². The van der Waals surface area contributed by atoms with Gasteiger partial charge < -0.3 is 25.3 Å². The standard InChI is InChI=1S/C11H19F6N2.H3O4P/c1-8(6-18-3)19-9(2,7-11(15,16)17)4-5-10(12,13)14;1-5(2,3)4/h8,18H,4-7H2,1-3H3;(H3,1,2,3,4)/q-1;. The van der Waals surface area contributed by atoms with Gasteiger partial charge in [0.15, 0.2) is 0 Å². The predicted octanol–water partition coefficient (Wildman–Crippen LogP) is 3.09. The molecule has 0 spiro atoms. The molecule has 0 amide bonds. The number of nitrogens with one attached hydrogen (secondary N) is 1. The Morgan fingerprint density at radius 1 is 1.04 bits per heavy atom. The van der Waals surface area contributed by atoms with Crippen LogP contribution in [0.3, 0.4) is 0 Å². The molecule has 0 aromatic carbocycles. The Hall–Kier alpha value is -0.390. The molecule has 0 saturated carbocycles. The molecule has 0 rings (SSSR count). The fourth-order valence-electron chi connectivity index (χ4n) is 1.91. The number of rotatable bonds is 7. The van der Waals surface area contributed by atoms with Crippen molar-refractivity contribution in [2.45, 2.75) is 57.0 Å². The van der Waals surface area contributed by atoms with E-state index in [-0.39, 0.29) is 0 Å². The summed E-state index contributed by atoms with van der Waals surface area (Å²) in [5.41, 5.74) is -1.75. The molecule has 0 fully saturated rings. The maximum atomic E-state index is 12.5. The molecule has 24 heavy (non-hydrogen) atoms.